The number of hydrogen-bond acceptors (Lipinski definition) is 5. The van der Waals surface area contributed by atoms with Crippen molar-refractivity contribution in [2.45, 2.75) is 12.8 Å². The number of fused-ring (bicyclic) bond motifs is 1. The van der Waals surface area contributed by atoms with Crippen molar-refractivity contribution < 1.29 is 13.2 Å². The predicted octanol–water partition coefficient (Wildman–Crippen LogP) is 0.537. The molecule has 0 aliphatic carbocycles. The van der Waals surface area contributed by atoms with E-state index in [0.717, 1.165) is 19.6 Å². The minimum Gasteiger partial charge on any atom is -0.491 e. The van der Waals surface area contributed by atoms with Crippen molar-refractivity contribution in [2.75, 3.05) is 31.0 Å². The van der Waals surface area contributed by atoms with Crippen LogP contribution in [0.4, 0.5) is 5.69 Å². The molecule has 8 heteroatoms. The fourth-order valence-electron chi connectivity index (χ4n) is 2.63. The van der Waals surface area contributed by atoms with Gasteiger partial charge >= 0.3 is 10.2 Å². The van der Waals surface area contributed by atoms with Crippen LogP contribution in [0.15, 0.2) is 22.6 Å². The van der Waals surface area contributed by atoms with Crippen molar-refractivity contribution in [3.05, 3.63) is 23.8 Å². The van der Waals surface area contributed by atoms with Gasteiger partial charge in [0.25, 0.3) is 0 Å². The Morgan fingerprint density at radius 1 is 1.33 bits per heavy atom. The van der Waals surface area contributed by atoms with Gasteiger partial charge in [-0.05, 0) is 38.1 Å². The molecule has 1 fully saturated rings. The van der Waals surface area contributed by atoms with Gasteiger partial charge in [0, 0.05) is 6.54 Å². The first kappa shape index (κ1) is 14.2. The van der Waals surface area contributed by atoms with Crippen LogP contribution in [-0.2, 0) is 10.2 Å². The summed E-state index contributed by atoms with van der Waals surface area (Å²) in [6.07, 6.45) is 2.48. The van der Waals surface area contributed by atoms with Gasteiger partial charge in [-0.25, -0.2) is 0 Å². The Labute approximate surface area is 124 Å². The van der Waals surface area contributed by atoms with E-state index in [1.165, 1.54) is 12.8 Å². The van der Waals surface area contributed by atoms with Gasteiger partial charge < -0.3 is 10.5 Å². The minimum atomic E-state index is -3.75. The maximum atomic E-state index is 11.5. The number of benzene rings is 1. The Bertz CT molecular complexity index is 666. The summed E-state index contributed by atoms with van der Waals surface area (Å²) in [5.41, 5.74) is 6.67. The van der Waals surface area contributed by atoms with Crippen LogP contribution in [0.25, 0.3) is 0 Å². The lowest BCUT2D eigenvalue weighted by Crippen LogP contribution is -2.28. The molecule has 0 amide bonds. The molecule has 1 aromatic rings. The first-order chi connectivity index (χ1) is 10.1. The van der Waals surface area contributed by atoms with Crippen molar-refractivity contribution in [3.63, 3.8) is 0 Å². The summed E-state index contributed by atoms with van der Waals surface area (Å²) in [6, 6.07) is 5.14. The molecule has 114 valence electrons. The minimum absolute atomic E-state index is 0.0412. The van der Waals surface area contributed by atoms with Crippen molar-refractivity contribution in [2.24, 2.45) is 10.1 Å². The van der Waals surface area contributed by atoms with E-state index in [1.54, 1.807) is 18.2 Å². The molecule has 7 nitrogen and oxygen atoms in total. The second-order valence-corrected chi connectivity index (χ2v) is 6.47. The first-order valence-corrected chi connectivity index (χ1v) is 8.36. The first-order valence-electron chi connectivity index (χ1n) is 6.92. The van der Waals surface area contributed by atoms with Crippen LogP contribution in [0.5, 0.6) is 5.75 Å². The summed E-state index contributed by atoms with van der Waals surface area (Å²) in [4.78, 5) is 2.34. The molecule has 2 aliphatic heterocycles. The Morgan fingerprint density at radius 3 is 2.86 bits per heavy atom. The summed E-state index contributed by atoms with van der Waals surface area (Å²) in [7, 11) is -3.75. The average Bonchev–Trinajstić information content (AvgIpc) is 2.90. The molecular weight excluding hydrogens is 292 g/mol. The molecular formula is C13H18N4O3S. The summed E-state index contributed by atoms with van der Waals surface area (Å²) >= 11 is 0. The zero-order valence-corrected chi connectivity index (χ0v) is 12.4. The third kappa shape index (κ3) is 3.11. The van der Waals surface area contributed by atoms with Gasteiger partial charge in [-0.3, -0.25) is 9.62 Å². The van der Waals surface area contributed by atoms with Crippen LogP contribution in [0.3, 0.4) is 0 Å². The van der Waals surface area contributed by atoms with Gasteiger partial charge in [0.15, 0.2) is 5.84 Å². The van der Waals surface area contributed by atoms with E-state index in [2.05, 4.69) is 14.0 Å². The van der Waals surface area contributed by atoms with Crippen LogP contribution in [0.1, 0.15) is 18.4 Å². The molecule has 0 spiro atoms. The lowest BCUT2D eigenvalue weighted by molar-refractivity contribution is 0.237. The van der Waals surface area contributed by atoms with E-state index in [4.69, 9.17) is 10.5 Å². The second-order valence-electron chi connectivity index (χ2n) is 5.13. The third-order valence-corrected chi connectivity index (χ3v) is 4.52. The topological polar surface area (TPSA) is 97.0 Å². The predicted molar refractivity (Wildman–Crippen MR) is 80.9 cm³/mol. The zero-order valence-electron chi connectivity index (χ0n) is 11.6. The molecule has 3 N–H and O–H groups in total. The van der Waals surface area contributed by atoms with Gasteiger partial charge in [-0.15, -0.1) is 4.40 Å². The van der Waals surface area contributed by atoms with Crippen LogP contribution >= 0.6 is 0 Å². The number of anilines is 1. The number of rotatable bonds is 4. The second kappa shape index (κ2) is 5.53. The largest absolute Gasteiger partial charge is 0.491 e. The maximum Gasteiger partial charge on any atom is 0.344 e. The number of nitrogens with two attached hydrogens (primary N) is 1. The van der Waals surface area contributed by atoms with E-state index < -0.39 is 10.2 Å². The van der Waals surface area contributed by atoms with Crippen LogP contribution < -0.4 is 15.2 Å². The Kier molecular flexibility index (Phi) is 3.73. The highest BCUT2D eigenvalue weighted by molar-refractivity contribution is 7.91. The lowest BCUT2D eigenvalue weighted by Gasteiger charge is -2.20. The van der Waals surface area contributed by atoms with E-state index in [0.29, 0.717) is 23.6 Å². The monoisotopic (exact) mass is 310 g/mol. The van der Waals surface area contributed by atoms with Crippen molar-refractivity contribution >= 4 is 21.7 Å². The van der Waals surface area contributed by atoms with Gasteiger partial charge in [0.1, 0.15) is 12.4 Å². The number of nitrogens with zero attached hydrogens (tertiary/aromatic N) is 2. The molecule has 1 saturated heterocycles. The molecule has 2 aliphatic rings. The average molecular weight is 310 g/mol. The van der Waals surface area contributed by atoms with Crippen LogP contribution in [0.2, 0.25) is 0 Å². The van der Waals surface area contributed by atoms with Gasteiger partial charge in [0.05, 0.1) is 11.3 Å². The summed E-state index contributed by atoms with van der Waals surface area (Å²) < 4.78 is 34.6. The molecule has 21 heavy (non-hydrogen) atoms. The fraction of sp³-hybridized carbons (Fsp3) is 0.462. The number of ether oxygens (including phenoxy) is 1. The number of hydrogen-bond donors (Lipinski definition) is 2. The van der Waals surface area contributed by atoms with Crippen molar-refractivity contribution in [1.29, 1.82) is 0 Å². The maximum absolute atomic E-state index is 11.5. The van der Waals surface area contributed by atoms with Gasteiger partial charge in [-0.2, -0.15) is 8.42 Å². The van der Waals surface area contributed by atoms with Crippen molar-refractivity contribution in [1.82, 2.24) is 4.90 Å². The molecule has 0 atom stereocenters. The highest BCUT2D eigenvalue weighted by atomic mass is 32.2. The van der Waals surface area contributed by atoms with E-state index in [9.17, 15) is 8.42 Å². The van der Waals surface area contributed by atoms with Crippen LogP contribution in [0, 0.1) is 0 Å². The fourth-order valence-corrected chi connectivity index (χ4v) is 3.47. The zero-order chi connectivity index (χ0) is 14.9. The summed E-state index contributed by atoms with van der Waals surface area (Å²) in [6.45, 7) is 3.61. The lowest BCUT2D eigenvalue weighted by atomic mass is 10.1. The Balaban J connectivity index is 1.75. The normalized spacial score (nSPS) is 20.5. The summed E-state index contributed by atoms with van der Waals surface area (Å²) in [5, 5.41) is 0. The number of amidine groups is 1. The molecule has 1 aromatic carbocycles. The molecule has 0 unspecified atom stereocenters. The summed E-state index contributed by atoms with van der Waals surface area (Å²) in [5.74, 6) is 0.510. The number of nitrogens with one attached hydrogen (secondary N) is 1. The molecule has 3 rings (SSSR count). The van der Waals surface area contributed by atoms with Crippen molar-refractivity contribution in [3.8, 4) is 5.75 Å². The highest BCUT2D eigenvalue weighted by Crippen LogP contribution is 2.30. The molecule has 0 bridgehead atoms. The Morgan fingerprint density at radius 2 is 2.10 bits per heavy atom. The quantitative estimate of drug-likeness (QED) is 0.846. The molecule has 2 heterocycles. The smallest absolute Gasteiger partial charge is 0.344 e. The van der Waals surface area contributed by atoms with E-state index in [-0.39, 0.29) is 5.84 Å². The van der Waals surface area contributed by atoms with Gasteiger partial charge in [-0.1, -0.05) is 6.07 Å². The van der Waals surface area contributed by atoms with Gasteiger partial charge in [0.2, 0.25) is 0 Å². The Hall–Kier alpha value is -1.80. The SMILES string of the molecule is NC1=NS(=O)(=O)Nc2cccc(OCCN3CCCC3)c21. The van der Waals surface area contributed by atoms with E-state index >= 15 is 0 Å². The van der Waals surface area contributed by atoms with E-state index in [1.807, 2.05) is 0 Å². The van der Waals surface area contributed by atoms with Crippen LogP contribution in [-0.4, -0.2) is 45.4 Å². The third-order valence-electron chi connectivity index (χ3n) is 3.60. The molecule has 0 saturated carbocycles. The number of likely N-dealkylation sites (tertiary alicyclic amines) is 1. The molecule has 0 radical (unpaired) electrons. The molecule has 0 aromatic heterocycles. The standard InChI is InChI=1S/C13H18N4O3S/c14-13-12-10(15-21(18,19)16-13)4-3-5-11(12)20-9-8-17-6-1-2-7-17/h3-5,15H,1-2,6-9H2,(H2,14,16). The highest BCUT2D eigenvalue weighted by Gasteiger charge is 2.24.